The van der Waals surface area contributed by atoms with Crippen molar-refractivity contribution in [2.75, 3.05) is 32.5 Å². The number of hydrogen-bond donors (Lipinski definition) is 3. The van der Waals surface area contributed by atoms with Crippen molar-refractivity contribution in [3.8, 4) is 0 Å². The van der Waals surface area contributed by atoms with Crippen LogP contribution in [0, 0.1) is 11.8 Å². The van der Waals surface area contributed by atoms with Gasteiger partial charge in [0.2, 0.25) is 0 Å². The van der Waals surface area contributed by atoms with E-state index in [1.165, 1.54) is 25.7 Å². The van der Waals surface area contributed by atoms with Crippen molar-refractivity contribution in [3.05, 3.63) is 5.82 Å². The molecule has 1 heterocycles. The van der Waals surface area contributed by atoms with E-state index in [0.717, 1.165) is 62.3 Å². The Morgan fingerprint density at radius 1 is 1.27 bits per heavy atom. The predicted molar refractivity (Wildman–Crippen MR) is 126 cm³/mol. The van der Waals surface area contributed by atoms with E-state index in [1.54, 1.807) is 11.8 Å². The summed E-state index contributed by atoms with van der Waals surface area (Å²) in [6, 6.07) is 0.578. The molecule has 1 aromatic heterocycles. The lowest BCUT2D eigenvalue weighted by Gasteiger charge is -2.18. The fraction of sp³-hybridized carbons (Fsp3) is 0.864. The van der Waals surface area contributed by atoms with Crippen molar-refractivity contribution >= 4 is 17.7 Å². The Labute approximate surface area is 186 Å². The van der Waals surface area contributed by atoms with Crippen LogP contribution in [-0.2, 0) is 6.42 Å². The number of rotatable bonds is 13. The summed E-state index contributed by atoms with van der Waals surface area (Å²) in [5, 5.41) is 26.1. The zero-order valence-electron chi connectivity index (χ0n) is 19.4. The summed E-state index contributed by atoms with van der Waals surface area (Å²) in [6.45, 7) is 9.22. The summed E-state index contributed by atoms with van der Waals surface area (Å²) < 4.78 is 2.39. The highest BCUT2D eigenvalue weighted by atomic mass is 32.2. The second-order valence-corrected chi connectivity index (χ2v) is 9.44. The van der Waals surface area contributed by atoms with Gasteiger partial charge in [-0.25, -0.2) is 0 Å². The fourth-order valence-electron chi connectivity index (χ4n) is 4.29. The molecule has 2 rings (SSSR count). The summed E-state index contributed by atoms with van der Waals surface area (Å²) in [4.78, 5) is 4.77. The monoisotopic (exact) mass is 438 g/mol. The highest BCUT2D eigenvalue weighted by molar-refractivity contribution is 7.98. The van der Waals surface area contributed by atoms with Gasteiger partial charge in [0.1, 0.15) is 5.82 Å². The van der Waals surface area contributed by atoms with Crippen molar-refractivity contribution in [3.63, 3.8) is 0 Å². The number of aromatic nitrogens is 3. The number of aliphatic hydroxyl groups excluding tert-OH is 1. The lowest BCUT2D eigenvalue weighted by atomic mass is 9.94. The first-order chi connectivity index (χ1) is 14.6. The van der Waals surface area contributed by atoms with Crippen LogP contribution in [0.5, 0.6) is 0 Å². The van der Waals surface area contributed by atoms with E-state index < -0.39 is 0 Å². The Morgan fingerprint density at radius 3 is 2.67 bits per heavy atom. The van der Waals surface area contributed by atoms with Crippen LogP contribution in [0.25, 0.3) is 0 Å². The number of aliphatic hydroxyl groups is 1. The normalized spacial score (nSPS) is 16.4. The minimum Gasteiger partial charge on any atom is -0.396 e. The van der Waals surface area contributed by atoms with Crippen molar-refractivity contribution in [2.24, 2.45) is 16.8 Å². The van der Waals surface area contributed by atoms with Crippen LogP contribution in [0.1, 0.15) is 77.6 Å². The van der Waals surface area contributed by atoms with Crippen LogP contribution in [0.3, 0.4) is 0 Å². The molecule has 1 aromatic rings. The average molecular weight is 439 g/mol. The Bertz CT molecular complexity index is 627. The van der Waals surface area contributed by atoms with E-state index >= 15 is 0 Å². The first kappa shape index (κ1) is 25.0. The number of nitrogens with one attached hydrogen (secondary N) is 2. The van der Waals surface area contributed by atoms with E-state index in [0.29, 0.717) is 17.9 Å². The van der Waals surface area contributed by atoms with Crippen molar-refractivity contribution in [2.45, 2.75) is 83.3 Å². The molecule has 0 saturated heterocycles. The maximum absolute atomic E-state index is 9.33. The molecule has 1 unspecified atom stereocenters. The molecule has 0 bridgehead atoms. The molecule has 7 nitrogen and oxygen atoms in total. The van der Waals surface area contributed by atoms with Gasteiger partial charge in [-0.3, -0.25) is 4.99 Å². The number of aliphatic imine (C=N–C) groups is 1. The maximum Gasteiger partial charge on any atom is 0.191 e. The number of aryl methyl sites for hydroxylation is 1. The number of nitrogens with zero attached hydrogens (tertiary/aromatic N) is 4. The Kier molecular flexibility index (Phi) is 11.6. The molecule has 172 valence electrons. The van der Waals surface area contributed by atoms with E-state index in [-0.39, 0.29) is 6.61 Å². The average Bonchev–Trinajstić information content (AvgIpc) is 3.37. The summed E-state index contributed by atoms with van der Waals surface area (Å²) in [5.41, 5.74) is 0. The summed E-state index contributed by atoms with van der Waals surface area (Å²) in [7, 11) is 0. The van der Waals surface area contributed by atoms with E-state index in [2.05, 4.69) is 52.4 Å². The van der Waals surface area contributed by atoms with Gasteiger partial charge in [0, 0.05) is 38.7 Å². The zero-order valence-corrected chi connectivity index (χ0v) is 20.2. The molecule has 0 aromatic carbocycles. The lowest BCUT2D eigenvalue weighted by molar-refractivity contribution is 0.245. The van der Waals surface area contributed by atoms with E-state index in [4.69, 9.17) is 4.99 Å². The molecular formula is C22H42N6OS. The third kappa shape index (κ3) is 8.10. The van der Waals surface area contributed by atoms with Gasteiger partial charge in [-0.1, -0.05) is 38.5 Å². The van der Waals surface area contributed by atoms with Crippen LogP contribution in [0.4, 0.5) is 0 Å². The number of thioether (sulfide) groups is 1. The third-order valence-electron chi connectivity index (χ3n) is 5.67. The van der Waals surface area contributed by atoms with Gasteiger partial charge in [-0.15, -0.1) is 10.2 Å². The van der Waals surface area contributed by atoms with Crippen LogP contribution in [0.15, 0.2) is 10.1 Å². The fourth-order valence-corrected chi connectivity index (χ4v) is 4.87. The van der Waals surface area contributed by atoms with E-state index in [1.807, 2.05) is 0 Å². The quantitative estimate of drug-likeness (QED) is 0.189. The summed E-state index contributed by atoms with van der Waals surface area (Å²) >= 11 is 1.70. The molecule has 1 atom stereocenters. The van der Waals surface area contributed by atoms with E-state index in [9.17, 15) is 5.11 Å². The second-order valence-electron chi connectivity index (χ2n) is 8.67. The molecule has 0 aliphatic heterocycles. The van der Waals surface area contributed by atoms with Gasteiger partial charge < -0.3 is 20.3 Å². The summed E-state index contributed by atoms with van der Waals surface area (Å²) in [6.07, 6.45) is 11.0. The molecule has 0 amide bonds. The number of hydrogen-bond acceptors (Lipinski definition) is 5. The lowest BCUT2D eigenvalue weighted by Crippen LogP contribution is -2.38. The zero-order chi connectivity index (χ0) is 21.8. The highest BCUT2D eigenvalue weighted by Crippen LogP contribution is 2.33. The Morgan fingerprint density at radius 2 is 2.03 bits per heavy atom. The SMILES string of the molecule is CCNC(=NCC(CCO)CC(C)C)NCCCc1nnc(SC)n1C1CCCC1. The molecule has 0 spiro atoms. The molecule has 0 radical (unpaired) electrons. The number of guanidine groups is 1. The van der Waals surface area contributed by atoms with Crippen LogP contribution in [0.2, 0.25) is 0 Å². The first-order valence-corrected chi connectivity index (χ1v) is 12.9. The predicted octanol–water partition coefficient (Wildman–Crippen LogP) is 3.65. The third-order valence-corrected chi connectivity index (χ3v) is 6.31. The molecule has 1 aliphatic rings. The van der Waals surface area contributed by atoms with Crippen molar-refractivity contribution in [1.29, 1.82) is 0 Å². The molecule has 8 heteroatoms. The molecule has 30 heavy (non-hydrogen) atoms. The molecular weight excluding hydrogens is 396 g/mol. The first-order valence-electron chi connectivity index (χ1n) is 11.7. The minimum absolute atomic E-state index is 0.233. The topological polar surface area (TPSA) is 87.4 Å². The second kappa shape index (κ2) is 13.9. The maximum atomic E-state index is 9.33. The van der Waals surface area contributed by atoms with Crippen molar-refractivity contribution < 1.29 is 5.11 Å². The van der Waals surface area contributed by atoms with Gasteiger partial charge in [-0.2, -0.15) is 0 Å². The molecule has 1 aliphatic carbocycles. The van der Waals surface area contributed by atoms with Crippen LogP contribution < -0.4 is 10.6 Å². The van der Waals surface area contributed by atoms with Crippen LogP contribution >= 0.6 is 11.8 Å². The molecule has 1 fully saturated rings. The van der Waals surface area contributed by atoms with Gasteiger partial charge in [0.05, 0.1) is 0 Å². The largest absolute Gasteiger partial charge is 0.396 e. The molecule has 3 N–H and O–H groups in total. The van der Waals surface area contributed by atoms with Crippen molar-refractivity contribution in [1.82, 2.24) is 25.4 Å². The minimum atomic E-state index is 0.233. The smallest absolute Gasteiger partial charge is 0.191 e. The Balaban J connectivity index is 1.86. The molecule has 1 saturated carbocycles. The van der Waals surface area contributed by atoms with Gasteiger partial charge in [-0.05, 0) is 57.1 Å². The van der Waals surface area contributed by atoms with Gasteiger partial charge in [0.25, 0.3) is 0 Å². The highest BCUT2D eigenvalue weighted by Gasteiger charge is 2.23. The van der Waals surface area contributed by atoms with Crippen LogP contribution in [-0.4, -0.2) is 58.3 Å². The van der Waals surface area contributed by atoms with Gasteiger partial charge in [0.15, 0.2) is 11.1 Å². The summed E-state index contributed by atoms with van der Waals surface area (Å²) in [5.74, 6) is 3.04. The standard InChI is InChI=1S/C22H42N6OS/c1-5-23-21(25-16-18(12-14-29)15-17(2)3)24-13-8-11-20-26-27-22(30-4)28(20)19-9-6-7-10-19/h17-19,29H,5-16H2,1-4H3,(H2,23,24,25). The van der Waals surface area contributed by atoms with Gasteiger partial charge >= 0.3 is 0 Å². The Hall–Kier alpha value is -1.28.